The molecule has 0 spiro atoms. The van der Waals surface area contributed by atoms with Crippen molar-refractivity contribution in [1.82, 2.24) is 5.32 Å². The summed E-state index contributed by atoms with van der Waals surface area (Å²) in [5.74, 6) is -0.0775. The van der Waals surface area contributed by atoms with Crippen LogP contribution in [0.15, 0.2) is 24.3 Å². The normalized spacial score (nSPS) is 19.8. The van der Waals surface area contributed by atoms with E-state index in [-0.39, 0.29) is 12.0 Å². The van der Waals surface area contributed by atoms with Gasteiger partial charge in [-0.3, -0.25) is 4.79 Å². The summed E-state index contributed by atoms with van der Waals surface area (Å²) in [7, 11) is 0. The molecule has 110 valence electrons. The van der Waals surface area contributed by atoms with Gasteiger partial charge in [-0.2, -0.15) is 0 Å². The molecule has 0 saturated carbocycles. The standard InChI is InChI=1S/C16H23NO3/c1-12-6-3-4-7-14(12)10-17-16(18)13(2)20-11-15-8-5-9-19-15/h3-4,6-7,13,15H,5,8-11H2,1-2H3,(H,17,18)/t13-,15-/m0/s1. The molecule has 1 amide bonds. The number of amides is 1. The highest BCUT2D eigenvalue weighted by atomic mass is 16.5. The number of nitrogens with one attached hydrogen (secondary N) is 1. The lowest BCUT2D eigenvalue weighted by Gasteiger charge is -2.16. The average molecular weight is 277 g/mol. The van der Waals surface area contributed by atoms with Crippen molar-refractivity contribution in [3.8, 4) is 0 Å². The van der Waals surface area contributed by atoms with Crippen molar-refractivity contribution in [3.05, 3.63) is 35.4 Å². The number of carbonyl (C=O) groups excluding carboxylic acids is 1. The van der Waals surface area contributed by atoms with Crippen LogP contribution in [0.1, 0.15) is 30.9 Å². The predicted molar refractivity (Wildman–Crippen MR) is 77.4 cm³/mol. The lowest BCUT2D eigenvalue weighted by molar-refractivity contribution is -0.133. The monoisotopic (exact) mass is 277 g/mol. The first-order chi connectivity index (χ1) is 9.66. The van der Waals surface area contributed by atoms with E-state index in [9.17, 15) is 4.79 Å². The van der Waals surface area contributed by atoms with Crippen LogP contribution >= 0.6 is 0 Å². The van der Waals surface area contributed by atoms with Crippen LogP contribution in [-0.4, -0.2) is 31.3 Å². The first-order valence-electron chi connectivity index (χ1n) is 7.22. The van der Waals surface area contributed by atoms with Crippen LogP contribution in [0.5, 0.6) is 0 Å². The molecule has 1 fully saturated rings. The van der Waals surface area contributed by atoms with E-state index in [1.54, 1.807) is 6.92 Å². The van der Waals surface area contributed by atoms with Crippen molar-refractivity contribution in [2.75, 3.05) is 13.2 Å². The minimum absolute atomic E-state index is 0.0775. The average Bonchev–Trinajstić information content (AvgIpc) is 2.97. The van der Waals surface area contributed by atoms with E-state index in [1.165, 1.54) is 5.56 Å². The Morgan fingerprint density at radius 1 is 1.50 bits per heavy atom. The van der Waals surface area contributed by atoms with Gasteiger partial charge < -0.3 is 14.8 Å². The molecular formula is C16H23NO3. The Hall–Kier alpha value is -1.39. The number of rotatable bonds is 6. The van der Waals surface area contributed by atoms with Crippen LogP contribution in [0.2, 0.25) is 0 Å². The van der Waals surface area contributed by atoms with Gasteiger partial charge in [0, 0.05) is 13.2 Å². The maximum atomic E-state index is 12.0. The molecule has 4 nitrogen and oxygen atoms in total. The topological polar surface area (TPSA) is 47.6 Å². The van der Waals surface area contributed by atoms with E-state index in [2.05, 4.69) is 5.32 Å². The van der Waals surface area contributed by atoms with Crippen LogP contribution in [-0.2, 0) is 20.8 Å². The highest BCUT2D eigenvalue weighted by Gasteiger charge is 2.19. The third kappa shape index (κ3) is 4.32. The van der Waals surface area contributed by atoms with Crippen LogP contribution in [0.25, 0.3) is 0 Å². The quantitative estimate of drug-likeness (QED) is 0.867. The molecule has 1 heterocycles. The van der Waals surface area contributed by atoms with E-state index in [0.29, 0.717) is 13.2 Å². The van der Waals surface area contributed by atoms with Crippen LogP contribution in [0.4, 0.5) is 0 Å². The van der Waals surface area contributed by atoms with E-state index < -0.39 is 6.10 Å². The van der Waals surface area contributed by atoms with Crippen molar-refractivity contribution >= 4 is 5.91 Å². The minimum atomic E-state index is -0.441. The Morgan fingerprint density at radius 2 is 2.30 bits per heavy atom. The Kier molecular flexibility index (Phi) is 5.56. The fourth-order valence-corrected chi connectivity index (χ4v) is 2.24. The smallest absolute Gasteiger partial charge is 0.249 e. The zero-order valence-corrected chi connectivity index (χ0v) is 12.2. The summed E-state index contributed by atoms with van der Waals surface area (Å²) in [5, 5.41) is 2.91. The molecule has 2 atom stereocenters. The number of carbonyl (C=O) groups is 1. The second kappa shape index (κ2) is 7.41. The Morgan fingerprint density at radius 3 is 3.00 bits per heavy atom. The van der Waals surface area contributed by atoms with Crippen LogP contribution in [0, 0.1) is 6.92 Å². The van der Waals surface area contributed by atoms with Crippen molar-refractivity contribution in [3.63, 3.8) is 0 Å². The summed E-state index contributed by atoms with van der Waals surface area (Å²) < 4.78 is 11.0. The van der Waals surface area contributed by atoms with Crippen molar-refractivity contribution in [2.45, 2.75) is 45.4 Å². The Balaban J connectivity index is 1.72. The van der Waals surface area contributed by atoms with Crippen molar-refractivity contribution in [1.29, 1.82) is 0 Å². The molecule has 0 aromatic heterocycles. The second-order valence-corrected chi connectivity index (χ2v) is 5.25. The molecule has 1 aromatic rings. The van der Waals surface area contributed by atoms with E-state index in [4.69, 9.17) is 9.47 Å². The van der Waals surface area contributed by atoms with Gasteiger partial charge in [0.2, 0.25) is 5.91 Å². The molecule has 0 bridgehead atoms. The molecule has 1 saturated heterocycles. The zero-order chi connectivity index (χ0) is 14.4. The number of hydrogen-bond donors (Lipinski definition) is 1. The molecule has 0 radical (unpaired) electrons. The Bertz CT molecular complexity index is 441. The van der Waals surface area contributed by atoms with E-state index >= 15 is 0 Å². The van der Waals surface area contributed by atoms with Crippen molar-refractivity contribution < 1.29 is 14.3 Å². The summed E-state index contributed by atoms with van der Waals surface area (Å²) in [6.45, 7) is 5.67. The molecule has 1 aromatic carbocycles. The second-order valence-electron chi connectivity index (χ2n) is 5.25. The minimum Gasteiger partial charge on any atom is -0.376 e. The number of hydrogen-bond acceptors (Lipinski definition) is 3. The fraction of sp³-hybridized carbons (Fsp3) is 0.562. The molecule has 20 heavy (non-hydrogen) atoms. The summed E-state index contributed by atoms with van der Waals surface area (Å²) in [6, 6.07) is 8.03. The maximum Gasteiger partial charge on any atom is 0.249 e. The first-order valence-corrected chi connectivity index (χ1v) is 7.22. The summed E-state index contributed by atoms with van der Waals surface area (Å²) in [6.07, 6.45) is 1.82. The van der Waals surface area contributed by atoms with Gasteiger partial charge in [-0.05, 0) is 37.8 Å². The summed E-state index contributed by atoms with van der Waals surface area (Å²) >= 11 is 0. The number of ether oxygens (including phenoxy) is 2. The molecule has 0 aliphatic carbocycles. The van der Waals surface area contributed by atoms with Gasteiger partial charge in [-0.1, -0.05) is 24.3 Å². The van der Waals surface area contributed by atoms with Gasteiger partial charge in [0.25, 0.3) is 0 Å². The van der Waals surface area contributed by atoms with Crippen molar-refractivity contribution in [2.24, 2.45) is 0 Å². The number of benzene rings is 1. The van der Waals surface area contributed by atoms with Gasteiger partial charge >= 0.3 is 0 Å². The van der Waals surface area contributed by atoms with Crippen LogP contribution < -0.4 is 5.32 Å². The lowest BCUT2D eigenvalue weighted by Crippen LogP contribution is -2.35. The highest BCUT2D eigenvalue weighted by molar-refractivity contribution is 5.80. The van der Waals surface area contributed by atoms with Gasteiger partial charge in [0.05, 0.1) is 12.7 Å². The molecular weight excluding hydrogens is 254 g/mol. The van der Waals surface area contributed by atoms with Gasteiger partial charge in [0.15, 0.2) is 0 Å². The molecule has 1 N–H and O–H groups in total. The zero-order valence-electron chi connectivity index (χ0n) is 12.2. The van der Waals surface area contributed by atoms with E-state index in [1.807, 2.05) is 31.2 Å². The summed E-state index contributed by atoms with van der Waals surface area (Å²) in [4.78, 5) is 12.0. The molecule has 4 heteroatoms. The number of aryl methyl sites for hydroxylation is 1. The lowest BCUT2D eigenvalue weighted by atomic mass is 10.1. The molecule has 1 aliphatic rings. The van der Waals surface area contributed by atoms with Gasteiger partial charge in [-0.25, -0.2) is 0 Å². The highest BCUT2D eigenvalue weighted by Crippen LogP contribution is 2.13. The largest absolute Gasteiger partial charge is 0.376 e. The molecule has 2 rings (SSSR count). The van der Waals surface area contributed by atoms with Gasteiger partial charge in [0.1, 0.15) is 6.10 Å². The fourth-order valence-electron chi connectivity index (χ4n) is 2.24. The van der Waals surface area contributed by atoms with Crippen LogP contribution in [0.3, 0.4) is 0 Å². The third-order valence-electron chi connectivity index (χ3n) is 3.64. The first kappa shape index (κ1) is 15.0. The molecule has 1 aliphatic heterocycles. The summed E-state index contributed by atoms with van der Waals surface area (Å²) in [5.41, 5.74) is 2.31. The molecule has 0 unspecified atom stereocenters. The predicted octanol–water partition coefficient (Wildman–Crippen LogP) is 2.20. The maximum absolute atomic E-state index is 12.0. The Labute approximate surface area is 120 Å². The van der Waals surface area contributed by atoms with E-state index in [0.717, 1.165) is 25.0 Å². The van der Waals surface area contributed by atoms with Gasteiger partial charge in [-0.15, -0.1) is 0 Å². The third-order valence-corrected chi connectivity index (χ3v) is 3.64. The SMILES string of the molecule is Cc1ccccc1CNC(=O)[C@H](C)OC[C@@H]1CCCO1.